The third-order valence-electron chi connectivity index (χ3n) is 3.18. The largest absolute Gasteiger partial charge is 0.476 e. The van der Waals surface area contributed by atoms with Crippen molar-refractivity contribution in [2.24, 2.45) is 0 Å². The SMILES string of the molecule is O=C(O)c1nnn(-c2ccccc2OC(F)F)c1C1CC1. The van der Waals surface area contributed by atoms with Gasteiger partial charge in [0.2, 0.25) is 0 Å². The number of hydrogen-bond donors (Lipinski definition) is 1. The molecule has 6 nitrogen and oxygen atoms in total. The molecule has 0 radical (unpaired) electrons. The maximum atomic E-state index is 12.5. The van der Waals surface area contributed by atoms with Gasteiger partial charge in [0, 0.05) is 5.92 Å². The number of rotatable bonds is 5. The molecule has 0 unspecified atom stereocenters. The van der Waals surface area contributed by atoms with Crippen LogP contribution < -0.4 is 4.74 Å². The summed E-state index contributed by atoms with van der Waals surface area (Å²) < 4.78 is 30.7. The number of hydrogen-bond acceptors (Lipinski definition) is 4. The Labute approximate surface area is 118 Å². The number of benzene rings is 1. The van der Waals surface area contributed by atoms with E-state index in [0.29, 0.717) is 5.69 Å². The van der Waals surface area contributed by atoms with Crippen molar-refractivity contribution in [3.8, 4) is 11.4 Å². The molecule has 110 valence electrons. The number of alkyl halides is 2. The molecule has 1 heterocycles. The number of aromatic carboxylic acids is 1. The van der Waals surface area contributed by atoms with E-state index >= 15 is 0 Å². The summed E-state index contributed by atoms with van der Waals surface area (Å²) in [7, 11) is 0. The van der Waals surface area contributed by atoms with E-state index in [1.54, 1.807) is 12.1 Å². The molecule has 0 amide bonds. The van der Waals surface area contributed by atoms with Crippen LogP contribution in [0.2, 0.25) is 0 Å². The first-order valence-electron chi connectivity index (χ1n) is 6.31. The van der Waals surface area contributed by atoms with Gasteiger partial charge in [0.15, 0.2) is 11.4 Å². The van der Waals surface area contributed by atoms with Gasteiger partial charge in [0.25, 0.3) is 0 Å². The number of halogens is 2. The van der Waals surface area contributed by atoms with Gasteiger partial charge in [-0.15, -0.1) is 5.10 Å². The van der Waals surface area contributed by atoms with Gasteiger partial charge in [-0.3, -0.25) is 0 Å². The van der Waals surface area contributed by atoms with Crippen LogP contribution in [-0.2, 0) is 0 Å². The molecule has 8 heteroatoms. The fourth-order valence-electron chi connectivity index (χ4n) is 2.17. The molecular formula is C13H11F2N3O3. The fraction of sp³-hybridized carbons (Fsp3) is 0.308. The third-order valence-corrected chi connectivity index (χ3v) is 3.18. The zero-order valence-electron chi connectivity index (χ0n) is 10.7. The maximum absolute atomic E-state index is 12.5. The second kappa shape index (κ2) is 5.12. The van der Waals surface area contributed by atoms with Crippen LogP contribution in [0, 0.1) is 0 Å². The number of nitrogens with zero attached hydrogens (tertiary/aromatic N) is 3. The number of aromatic nitrogens is 3. The zero-order valence-corrected chi connectivity index (χ0v) is 10.7. The first kappa shape index (κ1) is 13.5. The Morgan fingerprint density at radius 3 is 2.71 bits per heavy atom. The monoisotopic (exact) mass is 295 g/mol. The van der Waals surface area contributed by atoms with Crippen LogP contribution in [0.4, 0.5) is 8.78 Å². The number of carboxylic acid groups (broad SMARTS) is 1. The quantitative estimate of drug-likeness (QED) is 0.916. The molecule has 0 bridgehead atoms. The van der Waals surface area contributed by atoms with E-state index in [0.717, 1.165) is 12.8 Å². The molecule has 2 aromatic rings. The van der Waals surface area contributed by atoms with E-state index in [2.05, 4.69) is 15.0 Å². The van der Waals surface area contributed by atoms with Gasteiger partial charge in [-0.1, -0.05) is 17.3 Å². The Kier molecular flexibility index (Phi) is 3.28. The highest BCUT2D eigenvalue weighted by atomic mass is 19.3. The lowest BCUT2D eigenvalue weighted by atomic mass is 10.2. The van der Waals surface area contributed by atoms with Gasteiger partial charge in [-0.2, -0.15) is 8.78 Å². The zero-order chi connectivity index (χ0) is 15.0. The molecule has 3 rings (SSSR count). The van der Waals surface area contributed by atoms with E-state index in [9.17, 15) is 13.6 Å². The Hall–Kier alpha value is -2.51. The molecule has 1 aromatic carbocycles. The molecule has 1 aliphatic carbocycles. The van der Waals surface area contributed by atoms with Crippen molar-refractivity contribution in [1.82, 2.24) is 15.0 Å². The summed E-state index contributed by atoms with van der Waals surface area (Å²) in [6.45, 7) is -2.97. The van der Waals surface area contributed by atoms with Crippen molar-refractivity contribution < 1.29 is 23.4 Å². The Bertz CT molecular complexity index is 683. The molecule has 0 aliphatic heterocycles. The van der Waals surface area contributed by atoms with Crippen LogP contribution in [0.15, 0.2) is 24.3 Å². The average molecular weight is 295 g/mol. The second-order valence-electron chi connectivity index (χ2n) is 4.66. The highest BCUT2D eigenvalue weighted by Crippen LogP contribution is 2.42. The summed E-state index contributed by atoms with van der Waals surface area (Å²) in [5.74, 6) is -1.22. The normalized spacial score (nSPS) is 14.4. The van der Waals surface area contributed by atoms with Gasteiger partial charge in [0.05, 0.1) is 5.69 Å². The predicted molar refractivity (Wildman–Crippen MR) is 66.9 cm³/mol. The standard InChI is InChI=1S/C13H11F2N3O3/c14-13(15)21-9-4-2-1-3-8(9)18-11(7-5-6-7)10(12(19)20)16-17-18/h1-4,7,13H,5-6H2,(H,19,20). The lowest BCUT2D eigenvalue weighted by Gasteiger charge is -2.12. The third kappa shape index (κ3) is 2.56. The molecule has 1 N–H and O–H groups in total. The van der Waals surface area contributed by atoms with Gasteiger partial charge in [-0.25, -0.2) is 9.48 Å². The summed E-state index contributed by atoms with van der Waals surface area (Å²) in [4.78, 5) is 11.2. The van der Waals surface area contributed by atoms with Crippen LogP contribution in [0.3, 0.4) is 0 Å². The summed E-state index contributed by atoms with van der Waals surface area (Å²) in [6.07, 6.45) is 1.65. The van der Waals surface area contributed by atoms with Crippen LogP contribution in [0.1, 0.15) is 34.9 Å². The molecule has 0 saturated heterocycles. The number of carboxylic acids is 1. The minimum Gasteiger partial charge on any atom is -0.476 e. The topological polar surface area (TPSA) is 77.2 Å². The molecule has 0 atom stereocenters. The van der Waals surface area contributed by atoms with E-state index in [1.807, 2.05) is 0 Å². The van der Waals surface area contributed by atoms with E-state index in [-0.39, 0.29) is 23.0 Å². The highest BCUT2D eigenvalue weighted by molar-refractivity contribution is 5.87. The molecule has 1 aliphatic rings. The lowest BCUT2D eigenvalue weighted by molar-refractivity contribution is -0.0499. The Balaban J connectivity index is 2.11. The Morgan fingerprint density at radius 1 is 1.38 bits per heavy atom. The van der Waals surface area contributed by atoms with Crippen LogP contribution in [-0.4, -0.2) is 32.7 Å². The summed E-state index contributed by atoms with van der Waals surface area (Å²) in [6, 6.07) is 6.09. The first-order valence-corrected chi connectivity index (χ1v) is 6.31. The van der Waals surface area contributed by atoms with E-state index in [4.69, 9.17) is 5.11 Å². The minimum atomic E-state index is -2.97. The second-order valence-corrected chi connectivity index (χ2v) is 4.66. The highest BCUT2D eigenvalue weighted by Gasteiger charge is 2.34. The van der Waals surface area contributed by atoms with Gasteiger partial charge >= 0.3 is 12.6 Å². The first-order chi connectivity index (χ1) is 10.1. The van der Waals surface area contributed by atoms with Gasteiger partial charge in [0.1, 0.15) is 5.69 Å². The number of para-hydroxylation sites is 2. The van der Waals surface area contributed by atoms with Crippen molar-refractivity contribution in [2.45, 2.75) is 25.4 Å². The summed E-state index contributed by atoms with van der Waals surface area (Å²) in [5.41, 5.74) is 0.525. The van der Waals surface area contributed by atoms with Crippen molar-refractivity contribution >= 4 is 5.97 Å². The maximum Gasteiger partial charge on any atom is 0.387 e. The van der Waals surface area contributed by atoms with Crippen molar-refractivity contribution in [3.63, 3.8) is 0 Å². The van der Waals surface area contributed by atoms with Crippen molar-refractivity contribution in [3.05, 3.63) is 35.7 Å². The molecule has 1 saturated carbocycles. The van der Waals surface area contributed by atoms with Crippen LogP contribution in [0.5, 0.6) is 5.75 Å². The number of carbonyl (C=O) groups is 1. The van der Waals surface area contributed by atoms with Gasteiger partial charge in [-0.05, 0) is 25.0 Å². The smallest absolute Gasteiger partial charge is 0.387 e. The summed E-state index contributed by atoms with van der Waals surface area (Å²) in [5, 5.41) is 16.6. The lowest BCUT2D eigenvalue weighted by Crippen LogP contribution is -2.09. The average Bonchev–Trinajstić information content (AvgIpc) is 3.17. The molecular weight excluding hydrogens is 284 g/mol. The predicted octanol–water partition coefficient (Wildman–Crippen LogP) is 2.44. The van der Waals surface area contributed by atoms with E-state index in [1.165, 1.54) is 16.8 Å². The van der Waals surface area contributed by atoms with Crippen LogP contribution >= 0.6 is 0 Å². The molecule has 0 spiro atoms. The van der Waals surface area contributed by atoms with Gasteiger partial charge < -0.3 is 9.84 Å². The van der Waals surface area contributed by atoms with Crippen molar-refractivity contribution in [1.29, 1.82) is 0 Å². The fourth-order valence-corrected chi connectivity index (χ4v) is 2.17. The van der Waals surface area contributed by atoms with Crippen LogP contribution in [0.25, 0.3) is 5.69 Å². The minimum absolute atomic E-state index is 0.0331. The number of ether oxygens (including phenoxy) is 1. The molecule has 21 heavy (non-hydrogen) atoms. The molecule has 1 fully saturated rings. The van der Waals surface area contributed by atoms with E-state index < -0.39 is 12.6 Å². The van der Waals surface area contributed by atoms with Crippen molar-refractivity contribution in [2.75, 3.05) is 0 Å². The summed E-state index contributed by atoms with van der Waals surface area (Å²) >= 11 is 0. The molecule has 1 aromatic heterocycles. The Morgan fingerprint density at radius 2 is 2.10 bits per heavy atom.